The maximum absolute atomic E-state index is 13.4. The van der Waals surface area contributed by atoms with E-state index in [1.54, 1.807) is 41.8 Å². The normalized spacial score (nSPS) is 15.6. The van der Waals surface area contributed by atoms with Gasteiger partial charge in [-0.2, -0.15) is 0 Å². The second kappa shape index (κ2) is 9.67. The van der Waals surface area contributed by atoms with E-state index in [0.717, 1.165) is 10.9 Å². The van der Waals surface area contributed by atoms with Crippen LogP contribution >= 0.6 is 0 Å². The Kier molecular flexibility index (Phi) is 6.02. The molecular formula is C28H25N7O4. The average molecular weight is 524 g/mol. The Morgan fingerprint density at radius 1 is 1.00 bits per heavy atom. The van der Waals surface area contributed by atoms with Gasteiger partial charge in [-0.3, -0.25) is 14.9 Å². The van der Waals surface area contributed by atoms with Gasteiger partial charge in [-0.1, -0.05) is 36.4 Å². The number of amides is 1. The van der Waals surface area contributed by atoms with E-state index in [2.05, 4.69) is 15.1 Å². The Morgan fingerprint density at radius 3 is 2.54 bits per heavy atom. The van der Waals surface area contributed by atoms with Gasteiger partial charge < -0.3 is 14.5 Å². The molecule has 0 bridgehead atoms. The summed E-state index contributed by atoms with van der Waals surface area (Å²) in [7, 11) is 1.55. The van der Waals surface area contributed by atoms with Crippen LogP contribution in [0.1, 0.15) is 17.3 Å². The van der Waals surface area contributed by atoms with Crippen molar-refractivity contribution in [2.24, 2.45) is 0 Å². The number of nitrogens with zero attached hydrogens (tertiary/aromatic N) is 7. The summed E-state index contributed by atoms with van der Waals surface area (Å²) in [4.78, 5) is 33.7. The number of ether oxygens (including phenoxy) is 1. The first-order valence-corrected chi connectivity index (χ1v) is 12.5. The summed E-state index contributed by atoms with van der Waals surface area (Å²) in [5.41, 5.74) is 2.10. The van der Waals surface area contributed by atoms with Gasteiger partial charge in [0.2, 0.25) is 5.95 Å². The van der Waals surface area contributed by atoms with Gasteiger partial charge in [0.1, 0.15) is 5.75 Å². The van der Waals surface area contributed by atoms with Crippen molar-refractivity contribution < 1.29 is 14.5 Å². The number of carbonyl (C=O) groups is 1. The standard InChI is InChI=1S/C28H25N7O4/c1-18-17-32(15-16-33(18)27(36)21-11-5-8-14-24(21)39-2)28-29-22-12-6-3-9-19(22)25-30-31-26(34(25)28)20-10-4-7-13-23(20)35(37)38/h3-14,18H,15-17H2,1-2H3. The third-order valence-electron chi connectivity index (χ3n) is 7.08. The van der Waals surface area contributed by atoms with Crippen LogP contribution < -0.4 is 9.64 Å². The molecule has 0 N–H and O–H groups in total. The molecule has 0 aliphatic carbocycles. The Hall–Kier alpha value is -5.06. The third-order valence-corrected chi connectivity index (χ3v) is 7.08. The fourth-order valence-electron chi connectivity index (χ4n) is 5.19. The lowest BCUT2D eigenvalue weighted by molar-refractivity contribution is -0.384. The molecule has 1 aliphatic heterocycles. The highest BCUT2D eigenvalue weighted by molar-refractivity contribution is 5.97. The van der Waals surface area contributed by atoms with E-state index in [-0.39, 0.29) is 17.6 Å². The van der Waals surface area contributed by atoms with Crippen LogP contribution in [0, 0.1) is 10.1 Å². The number of carbonyl (C=O) groups excluding carboxylic acids is 1. The van der Waals surface area contributed by atoms with Gasteiger partial charge >= 0.3 is 0 Å². The molecule has 6 rings (SSSR count). The van der Waals surface area contributed by atoms with Gasteiger partial charge in [0.05, 0.1) is 28.7 Å². The zero-order chi connectivity index (χ0) is 27.1. The molecule has 1 aliphatic rings. The predicted octanol–water partition coefficient (Wildman–Crippen LogP) is 4.21. The highest BCUT2D eigenvalue weighted by Gasteiger charge is 2.32. The largest absolute Gasteiger partial charge is 0.496 e. The number of benzene rings is 3. The monoisotopic (exact) mass is 523 g/mol. The first-order valence-electron chi connectivity index (χ1n) is 12.5. The minimum atomic E-state index is -0.422. The number of hydrogen-bond donors (Lipinski definition) is 0. The van der Waals surface area contributed by atoms with Crippen LogP contribution in [0.4, 0.5) is 11.6 Å². The molecule has 1 unspecified atom stereocenters. The van der Waals surface area contributed by atoms with Crippen molar-refractivity contribution in [2.75, 3.05) is 31.6 Å². The van der Waals surface area contributed by atoms with E-state index in [0.29, 0.717) is 53.9 Å². The summed E-state index contributed by atoms with van der Waals surface area (Å²) >= 11 is 0. The van der Waals surface area contributed by atoms with Crippen molar-refractivity contribution in [3.63, 3.8) is 0 Å². The molecule has 39 heavy (non-hydrogen) atoms. The van der Waals surface area contributed by atoms with Crippen LogP contribution in [-0.2, 0) is 0 Å². The predicted molar refractivity (Wildman–Crippen MR) is 146 cm³/mol. The summed E-state index contributed by atoms with van der Waals surface area (Å²) in [5, 5.41) is 21.5. The van der Waals surface area contributed by atoms with Crippen molar-refractivity contribution in [3.8, 4) is 17.1 Å². The van der Waals surface area contributed by atoms with E-state index in [1.165, 1.54) is 6.07 Å². The summed E-state index contributed by atoms with van der Waals surface area (Å²) in [6.45, 7) is 3.44. The number of rotatable bonds is 5. The molecule has 11 nitrogen and oxygen atoms in total. The van der Waals surface area contributed by atoms with Crippen molar-refractivity contribution in [2.45, 2.75) is 13.0 Å². The number of fused-ring (bicyclic) bond motifs is 3. The molecule has 0 radical (unpaired) electrons. The number of para-hydroxylation sites is 3. The van der Waals surface area contributed by atoms with Gasteiger partial charge in [-0.25, -0.2) is 9.38 Å². The zero-order valence-corrected chi connectivity index (χ0v) is 21.4. The lowest BCUT2D eigenvalue weighted by atomic mass is 10.1. The van der Waals surface area contributed by atoms with Crippen molar-refractivity contribution in [3.05, 3.63) is 88.5 Å². The van der Waals surface area contributed by atoms with Crippen LogP contribution in [0.15, 0.2) is 72.8 Å². The first kappa shape index (κ1) is 24.3. The Balaban J connectivity index is 1.43. The highest BCUT2D eigenvalue weighted by atomic mass is 16.6. The third kappa shape index (κ3) is 4.08. The number of nitro groups is 1. The zero-order valence-electron chi connectivity index (χ0n) is 21.4. The molecule has 3 aromatic carbocycles. The van der Waals surface area contributed by atoms with E-state index in [4.69, 9.17) is 9.72 Å². The smallest absolute Gasteiger partial charge is 0.280 e. The Labute approximate surface area is 223 Å². The number of piperazine rings is 1. The van der Waals surface area contributed by atoms with Crippen LogP contribution in [0.25, 0.3) is 27.9 Å². The lowest BCUT2D eigenvalue weighted by Gasteiger charge is -2.40. The SMILES string of the molecule is COc1ccccc1C(=O)N1CCN(c2nc3ccccc3c3nnc(-c4ccccc4[N+](=O)[O-])n23)CC1C. The van der Waals surface area contributed by atoms with Gasteiger partial charge in [0.15, 0.2) is 11.5 Å². The van der Waals surface area contributed by atoms with E-state index in [1.807, 2.05) is 48.2 Å². The Morgan fingerprint density at radius 2 is 1.74 bits per heavy atom. The molecule has 1 amide bonds. The molecule has 1 saturated heterocycles. The summed E-state index contributed by atoms with van der Waals surface area (Å²) in [6, 6.07) is 21.2. The summed E-state index contributed by atoms with van der Waals surface area (Å²) in [5.74, 6) is 1.35. The first-order chi connectivity index (χ1) is 19.0. The number of hydrogen-bond acceptors (Lipinski definition) is 8. The Bertz CT molecular complexity index is 1730. The molecule has 1 atom stereocenters. The summed E-state index contributed by atoms with van der Waals surface area (Å²) in [6.07, 6.45) is 0. The maximum atomic E-state index is 13.4. The molecule has 5 aromatic rings. The fourth-order valence-corrected chi connectivity index (χ4v) is 5.19. The molecule has 2 aromatic heterocycles. The van der Waals surface area contributed by atoms with E-state index < -0.39 is 4.92 Å². The number of anilines is 1. The second-order valence-electron chi connectivity index (χ2n) is 9.38. The second-order valence-corrected chi connectivity index (χ2v) is 9.38. The van der Waals surface area contributed by atoms with Crippen molar-refractivity contribution in [1.82, 2.24) is 24.5 Å². The van der Waals surface area contributed by atoms with Gasteiger partial charge in [0, 0.05) is 37.1 Å². The highest BCUT2D eigenvalue weighted by Crippen LogP contribution is 2.33. The molecule has 11 heteroatoms. The molecule has 0 saturated carbocycles. The maximum Gasteiger partial charge on any atom is 0.280 e. The van der Waals surface area contributed by atoms with Gasteiger partial charge in [-0.05, 0) is 37.3 Å². The molecule has 196 valence electrons. The van der Waals surface area contributed by atoms with E-state index in [9.17, 15) is 14.9 Å². The fraction of sp³-hybridized carbons (Fsp3) is 0.214. The molecule has 1 fully saturated rings. The lowest BCUT2D eigenvalue weighted by Crippen LogP contribution is -2.54. The van der Waals surface area contributed by atoms with Crippen LogP contribution in [0.2, 0.25) is 0 Å². The summed E-state index contributed by atoms with van der Waals surface area (Å²) < 4.78 is 7.20. The molecular weight excluding hydrogens is 498 g/mol. The van der Waals surface area contributed by atoms with Crippen LogP contribution in [-0.4, -0.2) is 68.1 Å². The topological polar surface area (TPSA) is 119 Å². The molecule has 0 spiro atoms. The number of methoxy groups -OCH3 is 1. The van der Waals surface area contributed by atoms with Crippen molar-refractivity contribution in [1.29, 1.82) is 0 Å². The van der Waals surface area contributed by atoms with Crippen molar-refractivity contribution >= 4 is 34.1 Å². The number of aromatic nitrogens is 4. The van der Waals surface area contributed by atoms with Crippen LogP contribution in [0.5, 0.6) is 5.75 Å². The number of nitro benzene ring substituents is 1. The van der Waals surface area contributed by atoms with Gasteiger partial charge in [0.25, 0.3) is 11.6 Å². The quantitative estimate of drug-likeness (QED) is 0.248. The molecule has 3 heterocycles. The van der Waals surface area contributed by atoms with Gasteiger partial charge in [-0.15, -0.1) is 10.2 Å². The minimum Gasteiger partial charge on any atom is -0.496 e. The van der Waals surface area contributed by atoms with Crippen LogP contribution in [0.3, 0.4) is 0 Å². The van der Waals surface area contributed by atoms with E-state index >= 15 is 0 Å². The average Bonchev–Trinajstić information content (AvgIpc) is 3.42. The minimum absolute atomic E-state index is 0.0634.